The quantitative estimate of drug-likeness (QED) is 0.805. The van der Waals surface area contributed by atoms with Crippen LogP contribution in [0.5, 0.6) is 5.75 Å². The summed E-state index contributed by atoms with van der Waals surface area (Å²) < 4.78 is 5.05. The summed E-state index contributed by atoms with van der Waals surface area (Å²) >= 11 is 11.0. The Bertz CT molecular complexity index is 810. The van der Waals surface area contributed by atoms with Crippen molar-refractivity contribution in [2.75, 3.05) is 12.4 Å². The maximum absolute atomic E-state index is 12.1. The van der Waals surface area contributed by atoms with Crippen LogP contribution in [0, 0.1) is 0 Å². The Morgan fingerprint density at radius 1 is 1.17 bits per heavy atom. The molecule has 24 heavy (non-hydrogen) atoms. The standard InChI is InChI=1S/C16H13ClN2O4S/c1-23-11-4-2-3-9(7-11)14(20)19-16(24)18-13-8-10(15(21)22)5-6-12(13)17/h2-8H,1H3,(H,21,22)(H2,18,19,20,24)/p-1. The van der Waals surface area contributed by atoms with Gasteiger partial charge in [-0.05, 0) is 48.1 Å². The van der Waals surface area contributed by atoms with Gasteiger partial charge in [-0.15, -0.1) is 0 Å². The average molecular weight is 364 g/mol. The van der Waals surface area contributed by atoms with E-state index in [0.29, 0.717) is 11.3 Å². The summed E-state index contributed by atoms with van der Waals surface area (Å²) in [5.41, 5.74) is 0.534. The fourth-order valence-corrected chi connectivity index (χ4v) is 2.21. The normalized spacial score (nSPS) is 9.92. The lowest BCUT2D eigenvalue weighted by Crippen LogP contribution is -2.34. The number of thiocarbonyl (C=S) groups is 1. The van der Waals surface area contributed by atoms with Crippen LogP contribution < -0.4 is 20.5 Å². The largest absolute Gasteiger partial charge is 0.545 e. The minimum absolute atomic E-state index is 0.0276. The van der Waals surface area contributed by atoms with Crippen molar-refractivity contribution in [3.63, 3.8) is 0 Å². The third kappa shape index (κ3) is 4.43. The molecule has 0 radical (unpaired) electrons. The average Bonchev–Trinajstić information content (AvgIpc) is 2.56. The number of rotatable bonds is 4. The molecule has 2 aromatic carbocycles. The molecule has 0 bridgehead atoms. The molecule has 0 atom stereocenters. The molecule has 0 saturated heterocycles. The highest BCUT2D eigenvalue weighted by atomic mass is 35.5. The summed E-state index contributed by atoms with van der Waals surface area (Å²) in [6, 6.07) is 10.5. The first kappa shape index (κ1) is 17.7. The zero-order valence-corrected chi connectivity index (χ0v) is 14.0. The Morgan fingerprint density at radius 3 is 2.58 bits per heavy atom. The first-order valence-electron chi connectivity index (χ1n) is 6.68. The van der Waals surface area contributed by atoms with Gasteiger partial charge < -0.3 is 20.0 Å². The number of hydrogen-bond donors (Lipinski definition) is 2. The van der Waals surface area contributed by atoms with Gasteiger partial charge in [-0.3, -0.25) is 10.1 Å². The topological polar surface area (TPSA) is 90.5 Å². The van der Waals surface area contributed by atoms with Crippen molar-refractivity contribution in [3.8, 4) is 5.75 Å². The van der Waals surface area contributed by atoms with Crippen LogP contribution in [0.2, 0.25) is 5.02 Å². The molecule has 0 aromatic heterocycles. The molecule has 0 unspecified atom stereocenters. The summed E-state index contributed by atoms with van der Waals surface area (Å²) in [6.07, 6.45) is 0. The number of benzene rings is 2. The summed E-state index contributed by atoms with van der Waals surface area (Å²) in [6.45, 7) is 0. The van der Waals surface area contributed by atoms with Crippen molar-refractivity contribution < 1.29 is 19.4 Å². The van der Waals surface area contributed by atoms with E-state index >= 15 is 0 Å². The van der Waals surface area contributed by atoms with Crippen LogP contribution in [0.25, 0.3) is 0 Å². The molecule has 2 N–H and O–H groups in total. The Labute approximate surface area is 148 Å². The van der Waals surface area contributed by atoms with E-state index < -0.39 is 11.9 Å². The first-order valence-corrected chi connectivity index (χ1v) is 7.46. The van der Waals surface area contributed by atoms with E-state index in [4.69, 9.17) is 28.6 Å². The van der Waals surface area contributed by atoms with Crippen molar-refractivity contribution in [3.05, 3.63) is 58.6 Å². The smallest absolute Gasteiger partial charge is 0.257 e. The number of methoxy groups -OCH3 is 1. The number of halogens is 1. The molecule has 1 amide bonds. The van der Waals surface area contributed by atoms with E-state index in [1.54, 1.807) is 24.3 Å². The second-order valence-corrected chi connectivity index (χ2v) is 5.44. The minimum atomic E-state index is -1.35. The van der Waals surface area contributed by atoms with Crippen molar-refractivity contribution in [2.45, 2.75) is 0 Å². The molecule has 0 fully saturated rings. The number of carboxylic acid groups (broad SMARTS) is 1. The van der Waals surface area contributed by atoms with Crippen LogP contribution in [-0.2, 0) is 0 Å². The van der Waals surface area contributed by atoms with E-state index in [9.17, 15) is 14.7 Å². The lowest BCUT2D eigenvalue weighted by molar-refractivity contribution is -0.255. The van der Waals surface area contributed by atoms with E-state index in [0.717, 1.165) is 0 Å². The van der Waals surface area contributed by atoms with Gasteiger partial charge in [0.05, 0.1) is 23.8 Å². The highest BCUT2D eigenvalue weighted by molar-refractivity contribution is 7.80. The molecule has 0 spiro atoms. The molecule has 6 nitrogen and oxygen atoms in total. The van der Waals surface area contributed by atoms with Crippen molar-refractivity contribution in [1.82, 2.24) is 5.32 Å². The number of carboxylic acids is 1. The van der Waals surface area contributed by atoms with Gasteiger partial charge in [0.1, 0.15) is 5.75 Å². The number of carbonyl (C=O) groups excluding carboxylic acids is 2. The minimum Gasteiger partial charge on any atom is -0.545 e. The summed E-state index contributed by atoms with van der Waals surface area (Å²) in [5, 5.41) is 16.3. The van der Waals surface area contributed by atoms with Crippen molar-refractivity contribution >= 4 is 46.5 Å². The molecule has 0 aliphatic rings. The number of aromatic carboxylic acids is 1. The second-order valence-electron chi connectivity index (χ2n) is 4.62. The highest BCUT2D eigenvalue weighted by Crippen LogP contribution is 2.22. The molecule has 0 aliphatic carbocycles. The summed E-state index contributed by atoms with van der Waals surface area (Å²) in [5.74, 6) is -1.26. The van der Waals surface area contributed by atoms with E-state index in [1.807, 2.05) is 0 Å². The SMILES string of the molecule is COc1cccc(C(=O)NC(=S)Nc2cc(C(=O)[O-])ccc2Cl)c1. The number of carbonyl (C=O) groups is 2. The fraction of sp³-hybridized carbons (Fsp3) is 0.0625. The van der Waals surface area contributed by atoms with Crippen LogP contribution in [-0.4, -0.2) is 24.1 Å². The Balaban J connectivity index is 2.09. The molecule has 2 aromatic rings. The number of hydrogen-bond acceptors (Lipinski definition) is 5. The van der Waals surface area contributed by atoms with Crippen LogP contribution in [0.3, 0.4) is 0 Å². The number of nitrogens with one attached hydrogen (secondary N) is 2. The Kier molecular flexibility index (Phi) is 5.73. The zero-order valence-electron chi connectivity index (χ0n) is 12.5. The second kappa shape index (κ2) is 7.76. The highest BCUT2D eigenvalue weighted by Gasteiger charge is 2.10. The molecular weight excluding hydrogens is 352 g/mol. The van der Waals surface area contributed by atoms with Gasteiger partial charge in [-0.25, -0.2) is 0 Å². The van der Waals surface area contributed by atoms with Gasteiger partial charge in [-0.2, -0.15) is 0 Å². The monoisotopic (exact) mass is 363 g/mol. The predicted molar refractivity (Wildman–Crippen MR) is 92.5 cm³/mol. The molecule has 0 heterocycles. The number of anilines is 1. The maximum atomic E-state index is 12.1. The van der Waals surface area contributed by atoms with Crippen LogP contribution >= 0.6 is 23.8 Å². The molecule has 124 valence electrons. The molecule has 8 heteroatoms. The third-order valence-electron chi connectivity index (χ3n) is 3.01. The maximum Gasteiger partial charge on any atom is 0.257 e. The van der Waals surface area contributed by atoms with Gasteiger partial charge in [0, 0.05) is 5.56 Å². The van der Waals surface area contributed by atoms with Crippen LogP contribution in [0.15, 0.2) is 42.5 Å². The summed E-state index contributed by atoms with van der Waals surface area (Å²) in [4.78, 5) is 23.0. The van der Waals surface area contributed by atoms with Gasteiger partial charge >= 0.3 is 0 Å². The first-order chi connectivity index (χ1) is 11.4. The third-order valence-corrected chi connectivity index (χ3v) is 3.54. The number of amides is 1. The van der Waals surface area contributed by atoms with Gasteiger partial charge in [-0.1, -0.05) is 23.7 Å². The Hall–Kier alpha value is -2.64. The van der Waals surface area contributed by atoms with Gasteiger partial charge in [0.15, 0.2) is 5.11 Å². The van der Waals surface area contributed by atoms with Crippen molar-refractivity contribution in [1.29, 1.82) is 0 Å². The van der Waals surface area contributed by atoms with Crippen LogP contribution in [0.1, 0.15) is 20.7 Å². The lowest BCUT2D eigenvalue weighted by Gasteiger charge is -2.13. The van der Waals surface area contributed by atoms with Gasteiger partial charge in [0.25, 0.3) is 5.91 Å². The fourth-order valence-electron chi connectivity index (χ4n) is 1.84. The Morgan fingerprint density at radius 2 is 1.92 bits per heavy atom. The molecule has 0 aliphatic heterocycles. The lowest BCUT2D eigenvalue weighted by atomic mass is 10.2. The van der Waals surface area contributed by atoms with Crippen LogP contribution in [0.4, 0.5) is 5.69 Å². The molecular formula is C16H12ClN2O4S-. The van der Waals surface area contributed by atoms with Gasteiger partial charge in [0.2, 0.25) is 0 Å². The van der Waals surface area contributed by atoms with Crippen molar-refractivity contribution in [2.24, 2.45) is 0 Å². The van der Waals surface area contributed by atoms with E-state index in [2.05, 4.69) is 10.6 Å². The summed E-state index contributed by atoms with van der Waals surface area (Å²) in [7, 11) is 1.50. The predicted octanol–water partition coefficient (Wildman–Crippen LogP) is 1.84. The molecule has 0 saturated carbocycles. The number of ether oxygens (including phenoxy) is 1. The van der Waals surface area contributed by atoms with E-state index in [1.165, 1.54) is 25.3 Å². The molecule has 2 rings (SSSR count). The zero-order chi connectivity index (χ0) is 17.7. The van der Waals surface area contributed by atoms with E-state index in [-0.39, 0.29) is 21.4 Å².